The summed E-state index contributed by atoms with van der Waals surface area (Å²) in [6.07, 6.45) is -0.210. The van der Waals surface area contributed by atoms with E-state index in [9.17, 15) is 9.59 Å². The number of amidine groups is 1. The quantitative estimate of drug-likeness (QED) is 0.417. The molecule has 0 aliphatic heterocycles. The molecule has 0 saturated heterocycles. The van der Waals surface area contributed by atoms with Gasteiger partial charge >= 0.3 is 5.97 Å². The first-order valence-electron chi connectivity index (χ1n) is 3.90. The maximum Gasteiger partial charge on any atom is 0.308 e. The maximum atomic E-state index is 11.0. The van der Waals surface area contributed by atoms with Crippen LogP contribution in [0.5, 0.6) is 0 Å². The molecule has 0 fully saturated rings. The Kier molecular flexibility index (Phi) is 3.05. The average molecular weight is 227 g/mol. The van der Waals surface area contributed by atoms with E-state index in [1.165, 1.54) is 6.07 Å². The molecule has 1 aromatic heterocycles. The summed E-state index contributed by atoms with van der Waals surface area (Å²) in [5.41, 5.74) is 10.4. The molecule has 6 N–H and O–H groups in total. The van der Waals surface area contributed by atoms with Crippen LogP contribution in [0.15, 0.2) is 6.07 Å². The van der Waals surface area contributed by atoms with Crippen LogP contribution >= 0.6 is 11.3 Å². The van der Waals surface area contributed by atoms with E-state index >= 15 is 0 Å². The largest absolute Gasteiger partial charge is 0.481 e. The van der Waals surface area contributed by atoms with Crippen LogP contribution < -0.4 is 11.5 Å². The number of aliphatic carboxylic acids is 1. The van der Waals surface area contributed by atoms with Gasteiger partial charge in [-0.15, -0.1) is 11.3 Å². The highest BCUT2D eigenvalue weighted by atomic mass is 32.1. The van der Waals surface area contributed by atoms with Crippen LogP contribution in [0.4, 0.5) is 0 Å². The zero-order valence-electron chi connectivity index (χ0n) is 7.61. The fourth-order valence-corrected chi connectivity index (χ4v) is 2.08. The number of carboxylic acid groups (broad SMARTS) is 1. The van der Waals surface area contributed by atoms with Gasteiger partial charge in [-0.1, -0.05) is 0 Å². The Hall–Kier alpha value is -1.89. The van der Waals surface area contributed by atoms with Gasteiger partial charge in [0.2, 0.25) is 5.91 Å². The lowest BCUT2D eigenvalue weighted by Gasteiger charge is -1.94. The first-order chi connectivity index (χ1) is 6.91. The van der Waals surface area contributed by atoms with Gasteiger partial charge in [-0.25, -0.2) is 0 Å². The fourth-order valence-electron chi connectivity index (χ4n) is 1.06. The van der Waals surface area contributed by atoms with Crippen molar-refractivity contribution >= 4 is 29.0 Å². The third-order valence-corrected chi connectivity index (χ3v) is 2.79. The Balaban J connectivity index is 3.15. The lowest BCUT2D eigenvalue weighted by Crippen LogP contribution is -2.17. The number of hydrogen-bond acceptors (Lipinski definition) is 4. The maximum absolute atomic E-state index is 11.0. The number of carbonyl (C=O) groups excluding carboxylic acids is 1. The first-order valence-corrected chi connectivity index (χ1v) is 4.72. The third-order valence-electron chi connectivity index (χ3n) is 1.62. The SMILES string of the molecule is N=C(N)c1sc(CC(=O)O)cc1C(N)=O. The van der Waals surface area contributed by atoms with E-state index in [1.54, 1.807) is 0 Å². The van der Waals surface area contributed by atoms with Gasteiger partial charge in [-0.2, -0.15) is 0 Å². The number of thiophene rings is 1. The van der Waals surface area contributed by atoms with Crippen molar-refractivity contribution in [3.05, 3.63) is 21.4 Å². The Labute approximate surface area is 89.0 Å². The van der Waals surface area contributed by atoms with Crippen LogP contribution in [0.2, 0.25) is 0 Å². The van der Waals surface area contributed by atoms with E-state index in [1.807, 2.05) is 0 Å². The first kappa shape index (κ1) is 11.2. The number of nitrogens with two attached hydrogens (primary N) is 2. The second-order valence-electron chi connectivity index (χ2n) is 2.80. The molecule has 6 nitrogen and oxygen atoms in total. The molecule has 0 aliphatic rings. The van der Waals surface area contributed by atoms with Crippen molar-refractivity contribution < 1.29 is 14.7 Å². The highest BCUT2D eigenvalue weighted by Gasteiger charge is 2.16. The molecule has 15 heavy (non-hydrogen) atoms. The number of nitrogens with one attached hydrogen (secondary N) is 1. The summed E-state index contributed by atoms with van der Waals surface area (Å²) < 4.78 is 0. The normalized spacial score (nSPS) is 9.87. The van der Waals surface area contributed by atoms with Gasteiger partial charge in [-0.3, -0.25) is 15.0 Å². The number of amides is 1. The van der Waals surface area contributed by atoms with E-state index in [0.29, 0.717) is 4.88 Å². The lowest BCUT2D eigenvalue weighted by molar-refractivity contribution is -0.136. The van der Waals surface area contributed by atoms with Crippen molar-refractivity contribution in [3.8, 4) is 0 Å². The fraction of sp³-hybridized carbons (Fsp3) is 0.125. The number of carbonyl (C=O) groups is 2. The van der Waals surface area contributed by atoms with Crippen LogP contribution in [0.3, 0.4) is 0 Å². The molecule has 0 atom stereocenters. The summed E-state index contributed by atoms with van der Waals surface area (Å²) in [5.74, 6) is -2.01. The third kappa shape index (κ3) is 2.53. The zero-order chi connectivity index (χ0) is 11.6. The van der Waals surface area contributed by atoms with Gasteiger partial charge in [0.1, 0.15) is 5.84 Å². The van der Waals surface area contributed by atoms with Crippen molar-refractivity contribution in [2.75, 3.05) is 0 Å². The molecule has 0 aromatic carbocycles. The Morgan fingerprint density at radius 2 is 2.07 bits per heavy atom. The minimum atomic E-state index is -1.01. The minimum Gasteiger partial charge on any atom is -0.481 e. The van der Waals surface area contributed by atoms with Crippen LogP contribution in [0.1, 0.15) is 20.1 Å². The van der Waals surface area contributed by atoms with Gasteiger partial charge in [-0.05, 0) is 6.07 Å². The summed E-state index contributed by atoms with van der Waals surface area (Å²) in [6.45, 7) is 0. The number of rotatable bonds is 4. The number of hydrogen-bond donors (Lipinski definition) is 4. The van der Waals surface area contributed by atoms with Gasteiger partial charge < -0.3 is 16.6 Å². The predicted octanol–water partition coefficient (Wildman–Crippen LogP) is -0.242. The molecule has 0 spiro atoms. The second kappa shape index (κ2) is 4.09. The summed E-state index contributed by atoms with van der Waals surface area (Å²) in [6, 6.07) is 1.36. The topological polar surface area (TPSA) is 130 Å². The van der Waals surface area contributed by atoms with Crippen LogP contribution in [0.25, 0.3) is 0 Å². The molecule has 1 amide bonds. The number of primary amides is 1. The van der Waals surface area contributed by atoms with Crippen molar-refractivity contribution in [2.24, 2.45) is 11.5 Å². The molecular formula is C8H9N3O3S. The van der Waals surface area contributed by atoms with Crippen molar-refractivity contribution in [1.29, 1.82) is 5.41 Å². The van der Waals surface area contributed by atoms with Gasteiger partial charge in [0, 0.05) is 4.88 Å². The van der Waals surface area contributed by atoms with Crippen molar-refractivity contribution in [1.82, 2.24) is 0 Å². The molecule has 1 aromatic rings. The van der Waals surface area contributed by atoms with E-state index in [4.69, 9.17) is 22.0 Å². The second-order valence-corrected chi connectivity index (χ2v) is 3.94. The molecule has 0 saturated carbocycles. The lowest BCUT2D eigenvalue weighted by atomic mass is 10.2. The van der Waals surface area contributed by atoms with Crippen LogP contribution in [-0.4, -0.2) is 22.8 Å². The molecule has 0 unspecified atom stereocenters. The van der Waals surface area contributed by atoms with E-state index in [0.717, 1.165) is 11.3 Å². The molecule has 80 valence electrons. The van der Waals surface area contributed by atoms with Gasteiger partial charge in [0.05, 0.1) is 16.9 Å². The molecule has 0 bridgehead atoms. The Morgan fingerprint density at radius 3 is 2.40 bits per heavy atom. The van der Waals surface area contributed by atoms with E-state index in [-0.39, 0.29) is 22.7 Å². The monoisotopic (exact) mass is 227 g/mol. The molecule has 0 radical (unpaired) electrons. The Morgan fingerprint density at radius 1 is 1.47 bits per heavy atom. The zero-order valence-corrected chi connectivity index (χ0v) is 8.43. The molecular weight excluding hydrogens is 218 g/mol. The Bertz CT molecular complexity index is 407. The molecule has 1 rings (SSSR count). The molecule has 7 heteroatoms. The van der Waals surface area contributed by atoms with Crippen molar-refractivity contribution in [3.63, 3.8) is 0 Å². The summed E-state index contributed by atoms with van der Waals surface area (Å²) in [5, 5.41) is 15.7. The average Bonchev–Trinajstić information content (AvgIpc) is 2.46. The highest BCUT2D eigenvalue weighted by molar-refractivity contribution is 7.14. The van der Waals surface area contributed by atoms with E-state index in [2.05, 4.69) is 0 Å². The minimum absolute atomic E-state index is 0.101. The van der Waals surface area contributed by atoms with Crippen molar-refractivity contribution in [2.45, 2.75) is 6.42 Å². The summed E-state index contributed by atoms with van der Waals surface area (Å²) >= 11 is 0.993. The van der Waals surface area contributed by atoms with Gasteiger partial charge in [0.25, 0.3) is 0 Å². The van der Waals surface area contributed by atoms with E-state index < -0.39 is 11.9 Å². The number of carboxylic acids is 1. The molecule has 0 aliphatic carbocycles. The smallest absolute Gasteiger partial charge is 0.308 e. The standard InChI is InChI=1S/C8H9N3O3S/c9-7(10)6-4(8(11)14)1-3(15-6)2-5(12)13/h1H,2H2,(H3,9,10)(H2,11,14)(H,12,13). The number of nitrogen functional groups attached to an aromatic ring is 1. The highest BCUT2D eigenvalue weighted by Crippen LogP contribution is 2.22. The summed E-state index contributed by atoms with van der Waals surface area (Å²) in [4.78, 5) is 22.1. The summed E-state index contributed by atoms with van der Waals surface area (Å²) in [7, 11) is 0. The predicted molar refractivity (Wildman–Crippen MR) is 55.2 cm³/mol. The van der Waals surface area contributed by atoms with Crippen LogP contribution in [0, 0.1) is 5.41 Å². The molecule has 1 heterocycles. The van der Waals surface area contributed by atoms with Gasteiger partial charge in [0.15, 0.2) is 0 Å². The van der Waals surface area contributed by atoms with Crippen LogP contribution in [-0.2, 0) is 11.2 Å².